The lowest BCUT2D eigenvalue weighted by Gasteiger charge is -2.11. The first kappa shape index (κ1) is 17.8. The quantitative estimate of drug-likeness (QED) is 0.696. The van der Waals surface area contributed by atoms with Crippen LogP contribution in [-0.4, -0.2) is 25.1 Å². The van der Waals surface area contributed by atoms with Crippen molar-refractivity contribution in [3.05, 3.63) is 72.4 Å². The average Bonchev–Trinajstić information content (AvgIpc) is 2.69. The van der Waals surface area contributed by atoms with Crippen molar-refractivity contribution in [1.82, 2.24) is 4.98 Å². The van der Waals surface area contributed by atoms with Crippen LogP contribution in [-0.2, 0) is 0 Å². The van der Waals surface area contributed by atoms with Gasteiger partial charge in [-0.25, -0.2) is 4.98 Å². The number of benzene rings is 2. The van der Waals surface area contributed by atoms with Gasteiger partial charge in [-0.15, -0.1) is 0 Å². The Bertz CT molecular complexity index is 883. The lowest BCUT2D eigenvalue weighted by molar-refractivity contribution is 0.102. The molecule has 0 radical (unpaired) electrons. The Morgan fingerprint density at radius 3 is 2.38 bits per heavy atom. The number of aromatic nitrogens is 1. The first-order valence-electron chi connectivity index (χ1n) is 7.92. The van der Waals surface area contributed by atoms with Crippen molar-refractivity contribution >= 4 is 23.4 Å². The van der Waals surface area contributed by atoms with E-state index >= 15 is 0 Å². The third-order valence-corrected chi connectivity index (χ3v) is 4.58. The number of rotatable bonds is 6. The van der Waals surface area contributed by atoms with Crippen molar-refractivity contribution in [1.29, 1.82) is 0 Å². The summed E-state index contributed by atoms with van der Waals surface area (Å²) in [5.41, 5.74) is 1.21. The van der Waals surface area contributed by atoms with Crippen molar-refractivity contribution in [3.8, 4) is 11.5 Å². The predicted molar refractivity (Wildman–Crippen MR) is 102 cm³/mol. The third kappa shape index (κ3) is 4.34. The molecule has 0 aliphatic carbocycles. The van der Waals surface area contributed by atoms with Gasteiger partial charge in [0.2, 0.25) is 0 Å². The molecule has 0 aliphatic heterocycles. The monoisotopic (exact) mass is 366 g/mol. The van der Waals surface area contributed by atoms with Crippen molar-refractivity contribution in [3.63, 3.8) is 0 Å². The SMILES string of the molecule is COc1ccc(NC(=O)c2ccc(Sc3ccccn3)cc2)cc1OC. The summed E-state index contributed by atoms with van der Waals surface area (Å²) in [5.74, 6) is 0.986. The van der Waals surface area contributed by atoms with Gasteiger partial charge in [0.25, 0.3) is 5.91 Å². The molecule has 1 aromatic heterocycles. The third-order valence-electron chi connectivity index (χ3n) is 3.62. The maximum Gasteiger partial charge on any atom is 0.255 e. The zero-order valence-corrected chi connectivity index (χ0v) is 15.2. The summed E-state index contributed by atoms with van der Waals surface area (Å²) in [7, 11) is 3.13. The molecule has 2 aromatic carbocycles. The Labute approximate surface area is 156 Å². The number of anilines is 1. The molecule has 0 saturated carbocycles. The number of carbonyl (C=O) groups is 1. The molecule has 0 atom stereocenters. The molecule has 3 rings (SSSR count). The number of nitrogens with one attached hydrogen (secondary N) is 1. The molecule has 1 N–H and O–H groups in total. The van der Waals surface area contributed by atoms with E-state index in [-0.39, 0.29) is 5.91 Å². The molecule has 0 bridgehead atoms. The highest BCUT2D eigenvalue weighted by atomic mass is 32.2. The van der Waals surface area contributed by atoms with Crippen LogP contribution in [0.2, 0.25) is 0 Å². The molecular weight excluding hydrogens is 348 g/mol. The van der Waals surface area contributed by atoms with E-state index in [4.69, 9.17) is 9.47 Å². The van der Waals surface area contributed by atoms with Crippen LogP contribution in [0.4, 0.5) is 5.69 Å². The fourth-order valence-corrected chi connectivity index (χ4v) is 3.09. The highest BCUT2D eigenvalue weighted by Gasteiger charge is 2.09. The van der Waals surface area contributed by atoms with Crippen LogP contribution < -0.4 is 14.8 Å². The van der Waals surface area contributed by atoms with Crippen LogP contribution in [0.25, 0.3) is 0 Å². The molecule has 1 heterocycles. The molecule has 3 aromatic rings. The number of hydrogen-bond acceptors (Lipinski definition) is 5. The molecule has 0 spiro atoms. The normalized spacial score (nSPS) is 10.2. The molecule has 0 unspecified atom stereocenters. The number of pyridine rings is 1. The van der Waals surface area contributed by atoms with E-state index in [1.54, 1.807) is 62.5 Å². The number of nitrogens with zero attached hydrogens (tertiary/aromatic N) is 1. The van der Waals surface area contributed by atoms with Crippen molar-refractivity contribution in [2.24, 2.45) is 0 Å². The molecule has 6 heteroatoms. The summed E-state index contributed by atoms with van der Waals surface area (Å²) in [6.45, 7) is 0. The number of amides is 1. The van der Waals surface area contributed by atoms with Gasteiger partial charge in [-0.2, -0.15) is 0 Å². The van der Waals surface area contributed by atoms with Gasteiger partial charge in [-0.05, 0) is 48.5 Å². The highest BCUT2D eigenvalue weighted by Crippen LogP contribution is 2.30. The molecule has 0 fully saturated rings. The van der Waals surface area contributed by atoms with Gasteiger partial charge in [0, 0.05) is 28.4 Å². The Morgan fingerprint density at radius 2 is 1.73 bits per heavy atom. The van der Waals surface area contributed by atoms with E-state index in [1.165, 1.54) is 0 Å². The topological polar surface area (TPSA) is 60.5 Å². The Kier molecular flexibility index (Phi) is 5.76. The molecule has 26 heavy (non-hydrogen) atoms. The van der Waals surface area contributed by atoms with Gasteiger partial charge in [0.1, 0.15) is 5.03 Å². The van der Waals surface area contributed by atoms with Gasteiger partial charge < -0.3 is 14.8 Å². The van der Waals surface area contributed by atoms with E-state index in [9.17, 15) is 4.79 Å². The van der Waals surface area contributed by atoms with Gasteiger partial charge >= 0.3 is 0 Å². The molecular formula is C20H18N2O3S. The maximum absolute atomic E-state index is 12.4. The molecule has 5 nitrogen and oxygen atoms in total. The van der Waals surface area contributed by atoms with Crippen LogP contribution in [0.1, 0.15) is 10.4 Å². The minimum absolute atomic E-state index is 0.188. The van der Waals surface area contributed by atoms with Crippen LogP contribution in [0.15, 0.2) is 76.8 Å². The second-order valence-electron chi connectivity index (χ2n) is 5.32. The first-order chi connectivity index (χ1) is 12.7. The lowest BCUT2D eigenvalue weighted by atomic mass is 10.2. The smallest absolute Gasteiger partial charge is 0.255 e. The fraction of sp³-hybridized carbons (Fsp3) is 0.100. The second-order valence-corrected chi connectivity index (χ2v) is 6.41. The molecule has 0 saturated heterocycles. The van der Waals surface area contributed by atoms with E-state index in [2.05, 4.69) is 10.3 Å². The van der Waals surface area contributed by atoms with Crippen molar-refractivity contribution in [2.45, 2.75) is 9.92 Å². The summed E-state index contributed by atoms with van der Waals surface area (Å²) in [4.78, 5) is 17.7. The second kappa shape index (κ2) is 8.40. The fourth-order valence-electron chi connectivity index (χ4n) is 2.32. The molecule has 132 valence electrons. The summed E-state index contributed by atoms with van der Waals surface area (Å²) >= 11 is 1.55. The number of hydrogen-bond donors (Lipinski definition) is 1. The molecule has 0 aliphatic rings. The zero-order chi connectivity index (χ0) is 18.4. The summed E-state index contributed by atoms with van der Waals surface area (Å²) in [5, 5.41) is 3.77. The largest absolute Gasteiger partial charge is 0.493 e. The molecule has 1 amide bonds. The standard InChI is InChI=1S/C20H18N2O3S/c1-24-17-11-8-15(13-18(17)25-2)22-20(23)14-6-9-16(10-7-14)26-19-5-3-4-12-21-19/h3-13H,1-2H3,(H,22,23). The highest BCUT2D eigenvalue weighted by molar-refractivity contribution is 7.99. The zero-order valence-electron chi connectivity index (χ0n) is 14.4. The van der Waals surface area contributed by atoms with E-state index < -0.39 is 0 Å². The number of methoxy groups -OCH3 is 2. The average molecular weight is 366 g/mol. The van der Waals surface area contributed by atoms with Crippen LogP contribution in [0.3, 0.4) is 0 Å². The van der Waals surface area contributed by atoms with Gasteiger partial charge in [0.05, 0.1) is 14.2 Å². The van der Waals surface area contributed by atoms with E-state index in [1.807, 2.05) is 30.3 Å². The minimum atomic E-state index is -0.188. The van der Waals surface area contributed by atoms with Crippen molar-refractivity contribution < 1.29 is 14.3 Å². The number of ether oxygens (including phenoxy) is 2. The van der Waals surface area contributed by atoms with Gasteiger partial charge in [-0.3, -0.25) is 4.79 Å². The Morgan fingerprint density at radius 1 is 0.962 bits per heavy atom. The van der Waals surface area contributed by atoms with Crippen LogP contribution >= 0.6 is 11.8 Å². The van der Waals surface area contributed by atoms with Gasteiger partial charge in [0.15, 0.2) is 11.5 Å². The number of carbonyl (C=O) groups excluding carboxylic acids is 1. The first-order valence-corrected chi connectivity index (χ1v) is 8.73. The maximum atomic E-state index is 12.4. The summed E-state index contributed by atoms with van der Waals surface area (Å²) in [6, 6.07) is 18.4. The van der Waals surface area contributed by atoms with Crippen LogP contribution in [0.5, 0.6) is 11.5 Å². The minimum Gasteiger partial charge on any atom is -0.493 e. The Balaban J connectivity index is 1.68. The summed E-state index contributed by atoms with van der Waals surface area (Å²) < 4.78 is 10.4. The Hall–Kier alpha value is -2.99. The van der Waals surface area contributed by atoms with E-state index in [0.29, 0.717) is 22.7 Å². The van der Waals surface area contributed by atoms with Crippen LogP contribution in [0, 0.1) is 0 Å². The van der Waals surface area contributed by atoms with Gasteiger partial charge in [-0.1, -0.05) is 17.8 Å². The summed E-state index contributed by atoms with van der Waals surface area (Å²) in [6.07, 6.45) is 1.76. The van der Waals surface area contributed by atoms with Crippen molar-refractivity contribution in [2.75, 3.05) is 19.5 Å². The predicted octanol–water partition coefficient (Wildman–Crippen LogP) is 4.50. The van der Waals surface area contributed by atoms with E-state index in [0.717, 1.165) is 9.92 Å². The lowest BCUT2D eigenvalue weighted by Crippen LogP contribution is -2.11.